The second-order valence-corrected chi connectivity index (χ2v) is 4.95. The maximum Gasteiger partial charge on any atom is 0.0832 e. The van der Waals surface area contributed by atoms with E-state index in [1.807, 2.05) is 18.2 Å². The Hall–Kier alpha value is -1.39. The molecular weight excluding hydrogens is 248 g/mol. The van der Waals surface area contributed by atoms with Gasteiger partial charge in [-0.15, -0.1) is 0 Å². The van der Waals surface area contributed by atoms with Gasteiger partial charge in [0.15, 0.2) is 0 Å². The van der Waals surface area contributed by atoms with Crippen LogP contribution >= 0.6 is 11.6 Å². The van der Waals surface area contributed by atoms with Crippen molar-refractivity contribution in [1.82, 2.24) is 20.1 Å². The van der Waals surface area contributed by atoms with Gasteiger partial charge >= 0.3 is 0 Å². The predicted molar refractivity (Wildman–Crippen MR) is 72.6 cm³/mol. The van der Waals surface area contributed by atoms with Crippen molar-refractivity contribution in [3.63, 3.8) is 0 Å². The average Bonchev–Trinajstić information content (AvgIpc) is 2.73. The van der Waals surface area contributed by atoms with Gasteiger partial charge < -0.3 is 5.32 Å². The topological polar surface area (TPSA) is 42.7 Å². The monoisotopic (exact) mass is 264 g/mol. The van der Waals surface area contributed by atoms with Gasteiger partial charge in [0.2, 0.25) is 0 Å². The SMILES string of the molecule is CC(C)NCc1cccc(Cn2cc(Cl)cn2)n1. The number of hydrogen-bond acceptors (Lipinski definition) is 3. The lowest BCUT2D eigenvalue weighted by Crippen LogP contribution is -2.22. The van der Waals surface area contributed by atoms with Crippen LogP contribution in [0, 0.1) is 0 Å². The Morgan fingerprint density at radius 1 is 1.33 bits per heavy atom. The van der Waals surface area contributed by atoms with Crippen LogP contribution in [0.1, 0.15) is 25.2 Å². The summed E-state index contributed by atoms with van der Waals surface area (Å²) in [6.07, 6.45) is 3.42. The lowest BCUT2D eigenvalue weighted by atomic mass is 10.3. The molecule has 0 spiro atoms. The molecule has 0 aliphatic carbocycles. The van der Waals surface area contributed by atoms with Crippen molar-refractivity contribution in [2.24, 2.45) is 0 Å². The van der Waals surface area contributed by atoms with Crippen LogP contribution in [0.3, 0.4) is 0 Å². The molecule has 4 nitrogen and oxygen atoms in total. The van der Waals surface area contributed by atoms with Crippen molar-refractivity contribution in [3.05, 3.63) is 47.0 Å². The molecule has 0 bridgehead atoms. The number of nitrogens with one attached hydrogen (secondary N) is 1. The molecule has 2 aromatic rings. The molecular formula is C13H17ClN4. The lowest BCUT2D eigenvalue weighted by Gasteiger charge is -2.08. The van der Waals surface area contributed by atoms with Crippen molar-refractivity contribution >= 4 is 11.6 Å². The number of rotatable bonds is 5. The van der Waals surface area contributed by atoms with Gasteiger partial charge in [0, 0.05) is 18.8 Å². The minimum absolute atomic E-state index is 0.459. The number of hydrogen-bond donors (Lipinski definition) is 1. The van der Waals surface area contributed by atoms with Gasteiger partial charge in [0.25, 0.3) is 0 Å². The van der Waals surface area contributed by atoms with Crippen LogP contribution in [0.2, 0.25) is 5.02 Å². The van der Waals surface area contributed by atoms with E-state index in [1.165, 1.54) is 0 Å². The first kappa shape index (κ1) is 13.1. The Bertz CT molecular complexity index is 507. The van der Waals surface area contributed by atoms with Crippen LogP contribution in [-0.2, 0) is 13.1 Å². The highest BCUT2D eigenvalue weighted by Crippen LogP contribution is 2.07. The molecule has 0 amide bonds. The maximum absolute atomic E-state index is 5.83. The predicted octanol–water partition coefficient (Wildman–Crippen LogP) is 2.48. The van der Waals surface area contributed by atoms with Gasteiger partial charge in [0.05, 0.1) is 29.2 Å². The number of pyridine rings is 1. The summed E-state index contributed by atoms with van der Waals surface area (Å²) in [5, 5.41) is 8.14. The summed E-state index contributed by atoms with van der Waals surface area (Å²) in [5.41, 5.74) is 2.03. The molecule has 2 rings (SSSR count). The number of aromatic nitrogens is 3. The summed E-state index contributed by atoms with van der Waals surface area (Å²) >= 11 is 5.83. The zero-order chi connectivity index (χ0) is 13.0. The molecule has 0 aromatic carbocycles. The average molecular weight is 265 g/mol. The standard InChI is InChI=1S/C13H17ClN4/c1-10(2)15-7-12-4-3-5-13(17-12)9-18-8-11(14)6-16-18/h3-6,8,10,15H,7,9H2,1-2H3. The number of halogens is 1. The van der Waals surface area contributed by atoms with E-state index in [0.29, 0.717) is 17.6 Å². The van der Waals surface area contributed by atoms with E-state index in [0.717, 1.165) is 17.9 Å². The molecule has 0 fully saturated rings. The first-order chi connectivity index (χ1) is 8.63. The first-order valence-corrected chi connectivity index (χ1v) is 6.37. The van der Waals surface area contributed by atoms with Crippen molar-refractivity contribution in [3.8, 4) is 0 Å². The molecule has 0 saturated carbocycles. The van der Waals surface area contributed by atoms with Gasteiger partial charge in [-0.25, -0.2) is 0 Å². The van der Waals surface area contributed by atoms with Crippen LogP contribution in [0.5, 0.6) is 0 Å². The van der Waals surface area contributed by atoms with Crippen molar-refractivity contribution in [2.75, 3.05) is 0 Å². The molecule has 5 heteroatoms. The van der Waals surface area contributed by atoms with E-state index in [4.69, 9.17) is 11.6 Å². The van der Waals surface area contributed by atoms with Crippen LogP contribution in [0.15, 0.2) is 30.6 Å². The van der Waals surface area contributed by atoms with E-state index in [2.05, 4.69) is 29.2 Å². The van der Waals surface area contributed by atoms with E-state index in [-0.39, 0.29) is 0 Å². The third-order valence-electron chi connectivity index (χ3n) is 2.48. The van der Waals surface area contributed by atoms with Crippen molar-refractivity contribution in [1.29, 1.82) is 0 Å². The minimum Gasteiger partial charge on any atom is -0.309 e. The summed E-state index contributed by atoms with van der Waals surface area (Å²) in [6, 6.07) is 6.49. The highest BCUT2D eigenvalue weighted by molar-refractivity contribution is 6.30. The Kier molecular flexibility index (Phi) is 4.33. The maximum atomic E-state index is 5.83. The molecule has 0 aliphatic heterocycles. The molecule has 2 heterocycles. The molecule has 2 aromatic heterocycles. The van der Waals surface area contributed by atoms with Crippen molar-refractivity contribution < 1.29 is 0 Å². The summed E-state index contributed by atoms with van der Waals surface area (Å²) in [7, 11) is 0. The molecule has 96 valence electrons. The van der Waals surface area contributed by atoms with Gasteiger partial charge in [-0.3, -0.25) is 9.67 Å². The lowest BCUT2D eigenvalue weighted by molar-refractivity contribution is 0.578. The fourth-order valence-electron chi connectivity index (χ4n) is 1.62. The largest absolute Gasteiger partial charge is 0.309 e. The zero-order valence-electron chi connectivity index (χ0n) is 10.6. The van der Waals surface area contributed by atoms with Gasteiger partial charge in [-0.1, -0.05) is 31.5 Å². The molecule has 0 atom stereocenters. The van der Waals surface area contributed by atoms with Crippen molar-refractivity contribution in [2.45, 2.75) is 33.0 Å². The molecule has 0 unspecified atom stereocenters. The second kappa shape index (κ2) is 5.98. The van der Waals surface area contributed by atoms with E-state index in [9.17, 15) is 0 Å². The normalized spacial score (nSPS) is 11.1. The summed E-state index contributed by atoms with van der Waals surface area (Å²) in [4.78, 5) is 4.58. The van der Waals surface area contributed by atoms with E-state index in [1.54, 1.807) is 17.1 Å². The second-order valence-electron chi connectivity index (χ2n) is 4.51. The summed E-state index contributed by atoms with van der Waals surface area (Å²) in [5.74, 6) is 0. The minimum atomic E-state index is 0.459. The Labute approximate surface area is 112 Å². The Morgan fingerprint density at radius 3 is 2.78 bits per heavy atom. The van der Waals surface area contributed by atoms with Gasteiger partial charge in [0.1, 0.15) is 0 Å². The highest BCUT2D eigenvalue weighted by atomic mass is 35.5. The third kappa shape index (κ3) is 3.82. The van der Waals surface area contributed by atoms with Gasteiger partial charge in [-0.05, 0) is 12.1 Å². The van der Waals surface area contributed by atoms with Crippen LogP contribution in [-0.4, -0.2) is 20.8 Å². The Morgan fingerprint density at radius 2 is 2.11 bits per heavy atom. The molecule has 0 aliphatic rings. The quantitative estimate of drug-likeness (QED) is 0.902. The highest BCUT2D eigenvalue weighted by Gasteiger charge is 2.01. The zero-order valence-corrected chi connectivity index (χ0v) is 11.4. The molecule has 0 saturated heterocycles. The van der Waals surface area contributed by atoms with Crippen LogP contribution < -0.4 is 5.32 Å². The molecule has 0 radical (unpaired) electrons. The fourth-order valence-corrected chi connectivity index (χ4v) is 1.77. The van der Waals surface area contributed by atoms with E-state index < -0.39 is 0 Å². The van der Waals surface area contributed by atoms with Crippen LogP contribution in [0.4, 0.5) is 0 Å². The molecule has 18 heavy (non-hydrogen) atoms. The first-order valence-electron chi connectivity index (χ1n) is 5.99. The smallest absolute Gasteiger partial charge is 0.0832 e. The van der Waals surface area contributed by atoms with Gasteiger partial charge in [-0.2, -0.15) is 5.10 Å². The third-order valence-corrected chi connectivity index (χ3v) is 2.68. The summed E-state index contributed by atoms with van der Waals surface area (Å²) < 4.78 is 1.78. The molecule has 1 N–H and O–H groups in total. The Balaban J connectivity index is 2.02. The van der Waals surface area contributed by atoms with Crippen LogP contribution in [0.25, 0.3) is 0 Å². The number of nitrogens with zero attached hydrogens (tertiary/aromatic N) is 3. The van der Waals surface area contributed by atoms with E-state index >= 15 is 0 Å². The summed E-state index contributed by atoms with van der Waals surface area (Å²) in [6.45, 7) is 5.67. The fraction of sp³-hybridized carbons (Fsp3) is 0.385.